The summed E-state index contributed by atoms with van der Waals surface area (Å²) in [6.45, 7) is 3.84. The molecule has 0 aromatic carbocycles. The van der Waals surface area contributed by atoms with Crippen LogP contribution < -0.4 is 5.43 Å². The molecule has 0 atom stereocenters. The first-order valence-electron chi connectivity index (χ1n) is 6.12. The molecule has 0 bridgehead atoms. The average molecular weight is 299 g/mol. The van der Waals surface area contributed by atoms with Crippen molar-refractivity contribution in [2.24, 2.45) is 5.10 Å². The Balaban J connectivity index is 2.45. The summed E-state index contributed by atoms with van der Waals surface area (Å²) in [5.74, 6) is -1.17. The molecule has 0 unspecified atom stereocenters. The Morgan fingerprint density at radius 1 is 1.50 bits per heavy atom. The Kier molecular flexibility index (Phi) is 6.65. The molecule has 1 aromatic heterocycles. The van der Waals surface area contributed by atoms with Crippen molar-refractivity contribution in [1.29, 1.82) is 0 Å². The summed E-state index contributed by atoms with van der Waals surface area (Å²) in [4.78, 5) is 25.9. The Morgan fingerprint density at radius 3 is 2.90 bits per heavy atom. The summed E-state index contributed by atoms with van der Waals surface area (Å²) in [6.07, 6.45) is 0.556. The van der Waals surface area contributed by atoms with E-state index in [1.807, 2.05) is 0 Å². The number of hydrogen-bond acceptors (Lipinski definition) is 7. The highest BCUT2D eigenvalue weighted by Crippen LogP contribution is 2.16. The zero-order chi connectivity index (χ0) is 15.0. The second-order valence-electron chi connectivity index (χ2n) is 3.98. The number of carboxylic acid groups (broad SMARTS) is 1. The molecule has 7 nitrogen and oxygen atoms in total. The number of nitrogens with one attached hydrogen (secondary N) is 1. The van der Waals surface area contributed by atoms with E-state index < -0.39 is 5.97 Å². The number of carbonyl (C=O) groups is 2. The van der Waals surface area contributed by atoms with Crippen LogP contribution in [0.3, 0.4) is 0 Å². The normalized spacial score (nSPS) is 11.2. The molecule has 20 heavy (non-hydrogen) atoms. The Bertz CT molecular complexity index is 499. The number of hydrazone groups is 1. The fraction of sp³-hybridized carbons (Fsp3) is 0.500. The molecule has 0 aliphatic rings. The van der Waals surface area contributed by atoms with Crippen LogP contribution in [-0.4, -0.2) is 34.3 Å². The summed E-state index contributed by atoms with van der Waals surface area (Å²) in [6, 6.07) is 0. The van der Waals surface area contributed by atoms with Gasteiger partial charge in [0.1, 0.15) is 0 Å². The van der Waals surface area contributed by atoms with Crippen LogP contribution >= 0.6 is 11.3 Å². The van der Waals surface area contributed by atoms with E-state index in [9.17, 15) is 9.59 Å². The molecule has 0 fully saturated rings. The van der Waals surface area contributed by atoms with Crippen LogP contribution in [0.1, 0.15) is 32.4 Å². The van der Waals surface area contributed by atoms with Gasteiger partial charge < -0.3 is 9.84 Å². The first-order chi connectivity index (χ1) is 9.51. The number of anilines is 1. The number of hydrogen-bond donors (Lipinski definition) is 2. The first-order valence-corrected chi connectivity index (χ1v) is 7.00. The first kappa shape index (κ1) is 16.1. The van der Waals surface area contributed by atoms with Crippen LogP contribution in [0.15, 0.2) is 10.5 Å². The Hall–Kier alpha value is -1.96. The number of carboxylic acids is 1. The molecular weight excluding hydrogens is 282 g/mol. The zero-order valence-corrected chi connectivity index (χ0v) is 12.2. The van der Waals surface area contributed by atoms with Gasteiger partial charge in [-0.3, -0.25) is 15.0 Å². The largest absolute Gasteiger partial charge is 0.481 e. The SMILES string of the molecule is CCOC(=O)Cc1csc(N/N=C(\C)CCC(=O)O)n1. The smallest absolute Gasteiger partial charge is 0.311 e. The molecule has 0 aliphatic carbocycles. The number of nitrogens with zero attached hydrogens (tertiary/aromatic N) is 2. The molecule has 0 saturated heterocycles. The minimum atomic E-state index is -0.856. The van der Waals surface area contributed by atoms with Gasteiger partial charge in [0, 0.05) is 11.1 Å². The standard InChI is InChI=1S/C12H17N3O4S/c1-3-19-11(18)6-9-7-20-12(13-9)15-14-8(2)4-5-10(16)17/h7H,3-6H2,1-2H3,(H,13,15)(H,16,17)/b14-8+. The van der Waals surface area contributed by atoms with E-state index in [0.29, 0.717) is 29.6 Å². The summed E-state index contributed by atoms with van der Waals surface area (Å²) in [5, 5.41) is 14.9. The molecule has 0 radical (unpaired) electrons. The maximum Gasteiger partial charge on any atom is 0.311 e. The van der Waals surface area contributed by atoms with Gasteiger partial charge in [-0.25, -0.2) is 4.98 Å². The molecule has 0 aliphatic heterocycles. The number of aromatic nitrogens is 1. The second kappa shape index (κ2) is 8.26. The Labute approximate surface area is 120 Å². The summed E-state index contributed by atoms with van der Waals surface area (Å²) in [7, 11) is 0. The predicted octanol–water partition coefficient (Wildman–Crippen LogP) is 1.90. The monoisotopic (exact) mass is 299 g/mol. The lowest BCUT2D eigenvalue weighted by atomic mass is 10.2. The van der Waals surface area contributed by atoms with Crippen LogP contribution in [0.25, 0.3) is 0 Å². The molecule has 0 spiro atoms. The minimum Gasteiger partial charge on any atom is -0.481 e. The molecule has 1 aromatic rings. The topological polar surface area (TPSA) is 101 Å². The average Bonchev–Trinajstić information content (AvgIpc) is 2.81. The van der Waals surface area contributed by atoms with Crippen molar-refractivity contribution in [3.05, 3.63) is 11.1 Å². The maximum atomic E-state index is 11.3. The summed E-state index contributed by atoms with van der Waals surface area (Å²) in [5.41, 5.74) is 4.04. The van der Waals surface area contributed by atoms with Crippen molar-refractivity contribution >= 4 is 34.1 Å². The molecule has 0 saturated carbocycles. The van der Waals surface area contributed by atoms with Gasteiger partial charge >= 0.3 is 11.9 Å². The minimum absolute atomic E-state index is 0.0446. The van der Waals surface area contributed by atoms with Crippen LogP contribution in [0.2, 0.25) is 0 Å². The molecule has 2 N–H and O–H groups in total. The van der Waals surface area contributed by atoms with Crippen molar-refractivity contribution in [2.75, 3.05) is 12.0 Å². The van der Waals surface area contributed by atoms with Crippen LogP contribution in [0.4, 0.5) is 5.13 Å². The van der Waals surface area contributed by atoms with Crippen LogP contribution in [0, 0.1) is 0 Å². The van der Waals surface area contributed by atoms with E-state index in [1.165, 1.54) is 11.3 Å². The van der Waals surface area contributed by atoms with E-state index in [2.05, 4.69) is 15.5 Å². The van der Waals surface area contributed by atoms with E-state index in [4.69, 9.17) is 9.84 Å². The maximum absolute atomic E-state index is 11.3. The third-order valence-electron chi connectivity index (χ3n) is 2.23. The quantitative estimate of drug-likeness (QED) is 0.432. The van der Waals surface area contributed by atoms with Crippen LogP contribution in [0.5, 0.6) is 0 Å². The van der Waals surface area contributed by atoms with E-state index >= 15 is 0 Å². The van der Waals surface area contributed by atoms with Crippen molar-refractivity contribution < 1.29 is 19.4 Å². The van der Waals surface area contributed by atoms with Crippen molar-refractivity contribution in [2.45, 2.75) is 33.1 Å². The highest BCUT2D eigenvalue weighted by atomic mass is 32.1. The van der Waals surface area contributed by atoms with Crippen molar-refractivity contribution in [3.8, 4) is 0 Å². The molecule has 1 heterocycles. The van der Waals surface area contributed by atoms with Gasteiger partial charge in [0.05, 0.1) is 25.1 Å². The fourth-order valence-corrected chi connectivity index (χ4v) is 1.94. The molecule has 1 rings (SSSR count). The molecule has 110 valence electrons. The van der Waals surface area contributed by atoms with E-state index in [1.54, 1.807) is 19.2 Å². The van der Waals surface area contributed by atoms with E-state index in [0.717, 1.165) is 0 Å². The van der Waals surface area contributed by atoms with Crippen molar-refractivity contribution in [1.82, 2.24) is 4.98 Å². The third-order valence-corrected chi connectivity index (χ3v) is 3.02. The van der Waals surface area contributed by atoms with Gasteiger partial charge in [-0.05, 0) is 20.3 Å². The number of aliphatic carboxylic acids is 1. The lowest BCUT2D eigenvalue weighted by molar-refractivity contribution is -0.142. The summed E-state index contributed by atoms with van der Waals surface area (Å²) >= 11 is 1.32. The number of esters is 1. The van der Waals surface area contributed by atoms with Crippen LogP contribution in [-0.2, 0) is 20.7 Å². The zero-order valence-electron chi connectivity index (χ0n) is 11.4. The van der Waals surface area contributed by atoms with Gasteiger partial charge in [-0.1, -0.05) is 0 Å². The predicted molar refractivity (Wildman–Crippen MR) is 76.1 cm³/mol. The third kappa shape index (κ3) is 6.28. The second-order valence-corrected chi connectivity index (χ2v) is 4.84. The van der Waals surface area contributed by atoms with Gasteiger partial charge in [0.2, 0.25) is 5.13 Å². The number of ether oxygens (including phenoxy) is 1. The number of thiazole rings is 1. The van der Waals surface area contributed by atoms with Gasteiger partial charge in [-0.2, -0.15) is 5.10 Å². The van der Waals surface area contributed by atoms with Gasteiger partial charge in [0.15, 0.2) is 0 Å². The highest BCUT2D eigenvalue weighted by Gasteiger charge is 2.08. The lowest BCUT2D eigenvalue weighted by Gasteiger charge is -1.99. The number of rotatable bonds is 8. The van der Waals surface area contributed by atoms with Crippen molar-refractivity contribution in [3.63, 3.8) is 0 Å². The molecule has 8 heteroatoms. The molecule has 0 amide bonds. The summed E-state index contributed by atoms with van der Waals surface area (Å²) < 4.78 is 4.83. The van der Waals surface area contributed by atoms with E-state index in [-0.39, 0.29) is 18.8 Å². The highest BCUT2D eigenvalue weighted by molar-refractivity contribution is 7.13. The molecular formula is C12H17N3O4S. The Morgan fingerprint density at radius 2 is 2.25 bits per heavy atom. The lowest BCUT2D eigenvalue weighted by Crippen LogP contribution is -2.07. The number of carbonyl (C=O) groups excluding carboxylic acids is 1. The van der Waals surface area contributed by atoms with Gasteiger partial charge in [0.25, 0.3) is 0 Å². The van der Waals surface area contributed by atoms with Gasteiger partial charge in [-0.15, -0.1) is 11.3 Å². The fourth-order valence-electron chi connectivity index (χ4n) is 1.29.